The quantitative estimate of drug-likeness (QED) is 0.211. The fourth-order valence-corrected chi connectivity index (χ4v) is 6.87. The molecule has 0 fully saturated rings. The normalized spacial score (nSPS) is 12.0. The van der Waals surface area contributed by atoms with Gasteiger partial charge in [-0.2, -0.15) is 0 Å². The molecule has 210 valence electrons. The van der Waals surface area contributed by atoms with Crippen LogP contribution in [-0.4, -0.2) is 28.5 Å². The first kappa shape index (κ1) is 24.2. The predicted octanol–water partition coefficient (Wildman–Crippen LogP) is 9.14. The van der Waals surface area contributed by atoms with Crippen molar-refractivity contribution >= 4 is 60.7 Å². The number of benzene rings is 6. The van der Waals surface area contributed by atoms with E-state index in [0.717, 1.165) is 72.5 Å². The highest BCUT2D eigenvalue weighted by atomic mass is 15.2. The summed E-state index contributed by atoms with van der Waals surface area (Å²) in [6.07, 6.45) is 1.87. The number of nitrogens with zero attached hydrogens (tertiary/aromatic N) is 6. The first-order valence-electron chi connectivity index (χ1n) is 15.0. The average molecular weight is 577 g/mol. The maximum absolute atomic E-state index is 5.12. The molecule has 0 amide bonds. The van der Waals surface area contributed by atoms with Crippen molar-refractivity contribution in [3.05, 3.63) is 146 Å². The van der Waals surface area contributed by atoms with Crippen LogP contribution in [0.2, 0.25) is 0 Å². The van der Waals surface area contributed by atoms with E-state index >= 15 is 0 Å². The Labute approximate surface area is 257 Å². The van der Waals surface area contributed by atoms with E-state index in [4.69, 9.17) is 15.0 Å². The zero-order chi connectivity index (χ0) is 29.5. The van der Waals surface area contributed by atoms with Crippen LogP contribution in [0.5, 0.6) is 0 Å². The number of aromatic nitrogens is 6. The number of hydrogen-bond acceptors (Lipinski definition) is 3. The molecule has 0 aliphatic carbocycles. The molecule has 10 aromatic rings. The fourth-order valence-electron chi connectivity index (χ4n) is 6.87. The summed E-state index contributed by atoms with van der Waals surface area (Å²) >= 11 is 0. The zero-order valence-electron chi connectivity index (χ0n) is 24.0. The SMILES string of the molecule is c1ccc(-n2c3ccccc3n3c4cc(-c5ccc6c(c5)c5ccccc5n6-c5cnc6ccccc6n5)ccc4nc23)cc1. The van der Waals surface area contributed by atoms with Crippen LogP contribution >= 0.6 is 0 Å². The van der Waals surface area contributed by atoms with Crippen LogP contribution in [0.25, 0.3) is 83.3 Å². The molecule has 10 rings (SSSR count). The smallest absolute Gasteiger partial charge is 0.220 e. The van der Waals surface area contributed by atoms with Gasteiger partial charge in [0.15, 0.2) is 5.82 Å². The molecule has 0 unspecified atom stereocenters. The molecule has 0 spiro atoms. The van der Waals surface area contributed by atoms with Crippen molar-refractivity contribution in [1.29, 1.82) is 0 Å². The second kappa shape index (κ2) is 9.11. The van der Waals surface area contributed by atoms with Crippen LogP contribution in [0.1, 0.15) is 0 Å². The lowest BCUT2D eigenvalue weighted by Gasteiger charge is -2.08. The van der Waals surface area contributed by atoms with E-state index in [2.05, 4.69) is 123 Å². The van der Waals surface area contributed by atoms with Crippen molar-refractivity contribution in [3.8, 4) is 22.6 Å². The van der Waals surface area contributed by atoms with Crippen molar-refractivity contribution < 1.29 is 0 Å². The van der Waals surface area contributed by atoms with Gasteiger partial charge in [0.1, 0.15) is 0 Å². The number of hydrogen-bond donors (Lipinski definition) is 0. The van der Waals surface area contributed by atoms with Crippen LogP contribution in [0.3, 0.4) is 0 Å². The van der Waals surface area contributed by atoms with Gasteiger partial charge in [0, 0.05) is 16.5 Å². The molecule has 0 aliphatic rings. The summed E-state index contributed by atoms with van der Waals surface area (Å²) in [5.74, 6) is 1.72. The number of para-hydroxylation sites is 6. The monoisotopic (exact) mass is 576 g/mol. The van der Waals surface area contributed by atoms with Crippen LogP contribution < -0.4 is 0 Å². The molecule has 0 saturated heterocycles. The van der Waals surface area contributed by atoms with Gasteiger partial charge in [-0.3, -0.25) is 18.5 Å². The predicted molar refractivity (Wildman–Crippen MR) is 182 cm³/mol. The highest BCUT2D eigenvalue weighted by Gasteiger charge is 2.18. The molecule has 0 aliphatic heterocycles. The number of rotatable bonds is 3. The molecule has 6 aromatic carbocycles. The van der Waals surface area contributed by atoms with Gasteiger partial charge in [-0.15, -0.1) is 0 Å². The second-order valence-corrected chi connectivity index (χ2v) is 11.4. The zero-order valence-corrected chi connectivity index (χ0v) is 24.0. The largest absolute Gasteiger partial charge is 0.292 e. The minimum absolute atomic E-state index is 0.811. The van der Waals surface area contributed by atoms with Crippen LogP contribution in [0, 0.1) is 0 Å². The summed E-state index contributed by atoms with van der Waals surface area (Å²) in [6, 6.07) is 48.8. The third kappa shape index (κ3) is 3.48. The Morgan fingerprint density at radius 3 is 2.00 bits per heavy atom. The van der Waals surface area contributed by atoms with E-state index in [-0.39, 0.29) is 0 Å². The lowest BCUT2D eigenvalue weighted by molar-refractivity contribution is 1.07. The Balaban J connectivity index is 1.19. The average Bonchev–Trinajstić information content (AvgIpc) is 3.74. The first-order valence-corrected chi connectivity index (χ1v) is 15.0. The highest BCUT2D eigenvalue weighted by molar-refractivity contribution is 6.10. The summed E-state index contributed by atoms with van der Waals surface area (Å²) in [5.41, 5.74) is 11.7. The van der Waals surface area contributed by atoms with Gasteiger partial charge in [0.05, 0.1) is 50.3 Å². The Kier molecular flexibility index (Phi) is 4.90. The third-order valence-corrected chi connectivity index (χ3v) is 8.89. The van der Waals surface area contributed by atoms with E-state index in [1.165, 1.54) is 10.8 Å². The molecule has 4 aromatic heterocycles. The van der Waals surface area contributed by atoms with E-state index in [0.29, 0.717) is 0 Å². The van der Waals surface area contributed by atoms with Gasteiger partial charge in [0.25, 0.3) is 0 Å². The molecule has 6 heteroatoms. The Bertz CT molecular complexity index is 2770. The molecule has 0 atom stereocenters. The van der Waals surface area contributed by atoms with Gasteiger partial charge in [-0.25, -0.2) is 9.97 Å². The Morgan fingerprint density at radius 2 is 1.11 bits per heavy atom. The molecular formula is C39H24N6. The first-order chi connectivity index (χ1) is 22.3. The summed E-state index contributed by atoms with van der Waals surface area (Å²) < 4.78 is 6.74. The molecule has 0 saturated carbocycles. The summed E-state index contributed by atoms with van der Waals surface area (Å²) in [6.45, 7) is 0. The number of fused-ring (bicyclic) bond motifs is 9. The van der Waals surface area contributed by atoms with Gasteiger partial charge >= 0.3 is 0 Å². The van der Waals surface area contributed by atoms with Crippen LogP contribution in [0.15, 0.2) is 146 Å². The second-order valence-electron chi connectivity index (χ2n) is 11.4. The van der Waals surface area contributed by atoms with Crippen molar-refractivity contribution in [2.75, 3.05) is 0 Å². The van der Waals surface area contributed by atoms with Gasteiger partial charge in [0.2, 0.25) is 5.78 Å². The van der Waals surface area contributed by atoms with Crippen LogP contribution in [-0.2, 0) is 0 Å². The third-order valence-electron chi connectivity index (χ3n) is 8.89. The standard InChI is InChI=1S/C39H24N6/c1-2-10-27(11-3-1)43-35-16-8-9-17-36(35)45-37-23-26(18-20-32(37)42-39(43)45)25-19-21-34-29(22-25)28-12-4-7-15-33(28)44(34)38-24-40-30-13-5-6-14-31(30)41-38/h1-24H. The summed E-state index contributed by atoms with van der Waals surface area (Å²) in [5, 5.41) is 2.36. The maximum Gasteiger partial charge on any atom is 0.220 e. The molecular weight excluding hydrogens is 552 g/mol. The van der Waals surface area contributed by atoms with E-state index in [9.17, 15) is 0 Å². The Hall–Kier alpha value is -6.27. The lowest BCUT2D eigenvalue weighted by Crippen LogP contribution is -1.98. The van der Waals surface area contributed by atoms with Crippen molar-refractivity contribution in [1.82, 2.24) is 28.5 Å². The minimum Gasteiger partial charge on any atom is -0.292 e. The number of imidazole rings is 2. The topological polar surface area (TPSA) is 52.9 Å². The molecule has 6 nitrogen and oxygen atoms in total. The van der Waals surface area contributed by atoms with Gasteiger partial charge in [-0.05, 0) is 77.9 Å². The van der Waals surface area contributed by atoms with Crippen molar-refractivity contribution in [3.63, 3.8) is 0 Å². The molecule has 0 N–H and O–H groups in total. The van der Waals surface area contributed by atoms with E-state index in [1.54, 1.807) is 0 Å². The van der Waals surface area contributed by atoms with Gasteiger partial charge in [-0.1, -0.05) is 72.8 Å². The maximum atomic E-state index is 5.12. The molecule has 0 radical (unpaired) electrons. The van der Waals surface area contributed by atoms with Gasteiger partial charge < -0.3 is 0 Å². The summed E-state index contributed by atoms with van der Waals surface area (Å²) in [4.78, 5) is 14.8. The summed E-state index contributed by atoms with van der Waals surface area (Å²) in [7, 11) is 0. The molecule has 4 heterocycles. The molecule has 45 heavy (non-hydrogen) atoms. The van der Waals surface area contributed by atoms with Crippen LogP contribution in [0.4, 0.5) is 0 Å². The fraction of sp³-hybridized carbons (Fsp3) is 0. The lowest BCUT2D eigenvalue weighted by atomic mass is 10.0. The van der Waals surface area contributed by atoms with Crippen molar-refractivity contribution in [2.24, 2.45) is 0 Å². The Morgan fingerprint density at radius 1 is 0.422 bits per heavy atom. The van der Waals surface area contributed by atoms with Crippen molar-refractivity contribution in [2.45, 2.75) is 0 Å². The van der Waals surface area contributed by atoms with E-state index < -0.39 is 0 Å². The minimum atomic E-state index is 0.811. The molecule has 0 bridgehead atoms. The van der Waals surface area contributed by atoms with E-state index in [1.807, 2.05) is 36.5 Å². The highest BCUT2D eigenvalue weighted by Crippen LogP contribution is 2.36.